The van der Waals surface area contributed by atoms with Gasteiger partial charge in [0.05, 0.1) is 34.3 Å². The van der Waals surface area contributed by atoms with Crippen LogP contribution < -0.4 is 0 Å². The Kier molecular flexibility index (Phi) is 4.63. The van der Waals surface area contributed by atoms with Crippen molar-refractivity contribution in [2.24, 2.45) is 0 Å². The summed E-state index contributed by atoms with van der Waals surface area (Å²) in [6.07, 6.45) is 0.771. The molecule has 0 bridgehead atoms. The van der Waals surface area contributed by atoms with Crippen molar-refractivity contribution in [1.29, 1.82) is 0 Å². The molecular formula is C6H16NO3S+. The second-order valence-corrected chi connectivity index (χ2v) is 4.13. The molecule has 0 radical (unpaired) electrons. The Hall–Kier alpha value is -0.130. The third-order valence-electron chi connectivity index (χ3n) is 1.17. The summed E-state index contributed by atoms with van der Waals surface area (Å²) in [6.45, 7) is 1.22. The van der Waals surface area contributed by atoms with Crippen LogP contribution in [0.2, 0.25) is 0 Å². The molecule has 0 amide bonds. The first-order valence-corrected chi connectivity index (χ1v) is 4.59. The maximum atomic E-state index is 9.93. The van der Waals surface area contributed by atoms with Crippen LogP contribution in [0.15, 0.2) is 0 Å². The van der Waals surface area contributed by atoms with E-state index in [0.717, 1.165) is 17.4 Å². The molecule has 11 heavy (non-hydrogen) atoms. The number of thiol groups is 1. The summed E-state index contributed by atoms with van der Waals surface area (Å²) < 4.78 is 25.1. The van der Waals surface area contributed by atoms with Gasteiger partial charge in [-0.1, -0.05) is 0 Å². The van der Waals surface area contributed by atoms with Crippen molar-refractivity contribution in [3.8, 4) is 0 Å². The summed E-state index contributed by atoms with van der Waals surface area (Å²) >= 11 is 0. The molecule has 0 aromatic carbocycles. The Balaban J connectivity index is 3.29. The van der Waals surface area contributed by atoms with E-state index in [2.05, 4.69) is 25.3 Å². The molecule has 0 aliphatic rings. The van der Waals surface area contributed by atoms with Gasteiger partial charge < -0.3 is 4.48 Å². The maximum absolute atomic E-state index is 9.93. The van der Waals surface area contributed by atoms with Crippen molar-refractivity contribution in [2.75, 3.05) is 34.3 Å². The van der Waals surface area contributed by atoms with Crippen LogP contribution in [-0.2, 0) is 15.2 Å². The predicted octanol–water partition coefficient (Wildman–Crippen LogP) is -0.374. The number of quaternary nitrogens is 1. The first-order chi connectivity index (χ1) is 4.92. The Labute approximate surface area is 69.5 Å². The van der Waals surface area contributed by atoms with Crippen LogP contribution >= 0.6 is 0 Å². The minimum atomic E-state index is -2.65. The molecule has 0 saturated heterocycles. The van der Waals surface area contributed by atoms with Gasteiger partial charge in [-0.25, -0.2) is 8.42 Å². The molecule has 0 spiro atoms. The molecule has 0 rings (SSSR count). The van der Waals surface area contributed by atoms with E-state index in [1.807, 2.05) is 0 Å². The van der Waals surface area contributed by atoms with Crippen LogP contribution in [0, 0.1) is 0 Å². The fourth-order valence-electron chi connectivity index (χ4n) is 0.678. The summed E-state index contributed by atoms with van der Waals surface area (Å²) in [6, 6.07) is 0. The van der Waals surface area contributed by atoms with Gasteiger partial charge in [0, 0.05) is 6.42 Å². The molecule has 0 saturated carbocycles. The van der Waals surface area contributed by atoms with Gasteiger partial charge in [-0.3, -0.25) is 4.18 Å². The normalized spacial score (nSPS) is 12.4. The van der Waals surface area contributed by atoms with Crippen molar-refractivity contribution in [3.05, 3.63) is 0 Å². The Morgan fingerprint density at radius 2 is 1.82 bits per heavy atom. The molecule has 4 nitrogen and oxygen atoms in total. The minimum Gasteiger partial charge on any atom is -0.331 e. The molecule has 0 N–H and O–H groups in total. The van der Waals surface area contributed by atoms with E-state index in [1.54, 1.807) is 0 Å². The molecule has 0 aliphatic carbocycles. The van der Waals surface area contributed by atoms with Gasteiger partial charge in [0.25, 0.3) is 11.0 Å². The van der Waals surface area contributed by atoms with Crippen LogP contribution in [0.25, 0.3) is 0 Å². The Bertz CT molecular complexity index is 163. The predicted molar refractivity (Wildman–Crippen MR) is 43.8 cm³/mol. The highest BCUT2D eigenvalue weighted by Gasteiger charge is 2.05. The number of hydrogen-bond acceptors (Lipinski definition) is 3. The van der Waals surface area contributed by atoms with E-state index in [0.29, 0.717) is 6.61 Å². The standard InChI is InChI=1S/C6H16NO3S/c1-7(2,3)5-4-6-10-11(8)9/h11H,4-6H2,1-3H3/q+1. The lowest BCUT2D eigenvalue weighted by atomic mass is 10.4. The fourth-order valence-corrected chi connectivity index (χ4v) is 0.956. The van der Waals surface area contributed by atoms with Gasteiger partial charge in [0.1, 0.15) is 0 Å². The van der Waals surface area contributed by atoms with E-state index < -0.39 is 11.0 Å². The zero-order chi connectivity index (χ0) is 8.91. The topological polar surface area (TPSA) is 43.4 Å². The highest BCUT2D eigenvalue weighted by molar-refractivity contribution is 7.67. The lowest BCUT2D eigenvalue weighted by Crippen LogP contribution is -2.35. The summed E-state index contributed by atoms with van der Waals surface area (Å²) in [5, 5.41) is 0. The zero-order valence-corrected chi connectivity index (χ0v) is 8.13. The average Bonchev–Trinajstić information content (AvgIpc) is 1.78. The monoisotopic (exact) mass is 182 g/mol. The highest BCUT2D eigenvalue weighted by atomic mass is 32.2. The van der Waals surface area contributed by atoms with E-state index in [-0.39, 0.29) is 0 Å². The third-order valence-corrected chi connectivity index (χ3v) is 1.56. The SMILES string of the molecule is C[N+](C)(C)CCCO[SH](=O)=O. The molecule has 0 aromatic rings. The Morgan fingerprint density at radius 3 is 2.18 bits per heavy atom. The summed E-state index contributed by atoms with van der Waals surface area (Å²) in [5.74, 6) is 0. The minimum absolute atomic E-state index is 0.300. The highest BCUT2D eigenvalue weighted by Crippen LogP contribution is 1.93. The quantitative estimate of drug-likeness (QED) is 0.358. The van der Waals surface area contributed by atoms with Crippen LogP contribution in [0.3, 0.4) is 0 Å². The molecular weight excluding hydrogens is 166 g/mol. The number of nitrogens with zero attached hydrogens (tertiary/aromatic N) is 1. The van der Waals surface area contributed by atoms with Gasteiger partial charge in [0.15, 0.2) is 0 Å². The molecule has 0 aromatic heterocycles. The smallest absolute Gasteiger partial charge is 0.257 e. The fraction of sp³-hybridized carbons (Fsp3) is 1.00. The molecule has 0 unspecified atom stereocenters. The van der Waals surface area contributed by atoms with Crippen molar-refractivity contribution in [1.82, 2.24) is 0 Å². The second kappa shape index (κ2) is 4.69. The van der Waals surface area contributed by atoms with Gasteiger partial charge in [-0.15, -0.1) is 0 Å². The van der Waals surface area contributed by atoms with Crippen molar-refractivity contribution >= 4 is 11.0 Å². The molecule has 0 heterocycles. The molecule has 68 valence electrons. The van der Waals surface area contributed by atoms with Gasteiger partial charge in [-0.05, 0) is 0 Å². The van der Waals surface area contributed by atoms with Crippen molar-refractivity contribution in [3.63, 3.8) is 0 Å². The lowest BCUT2D eigenvalue weighted by molar-refractivity contribution is -0.870. The molecule has 0 aliphatic heterocycles. The van der Waals surface area contributed by atoms with Crippen LogP contribution in [0.1, 0.15) is 6.42 Å². The van der Waals surface area contributed by atoms with E-state index in [9.17, 15) is 8.42 Å². The average molecular weight is 182 g/mol. The van der Waals surface area contributed by atoms with Crippen LogP contribution in [-0.4, -0.2) is 47.2 Å². The van der Waals surface area contributed by atoms with Gasteiger partial charge in [-0.2, -0.15) is 0 Å². The van der Waals surface area contributed by atoms with Crippen LogP contribution in [0.4, 0.5) is 0 Å². The summed E-state index contributed by atoms with van der Waals surface area (Å²) in [7, 11) is 3.50. The number of hydrogen-bond donors (Lipinski definition) is 1. The largest absolute Gasteiger partial charge is 0.331 e. The van der Waals surface area contributed by atoms with Crippen molar-refractivity contribution < 1.29 is 17.1 Å². The van der Waals surface area contributed by atoms with Gasteiger partial charge in [0.2, 0.25) is 0 Å². The Morgan fingerprint density at radius 1 is 1.27 bits per heavy atom. The lowest BCUT2D eigenvalue weighted by Gasteiger charge is -2.23. The second-order valence-electron chi connectivity index (χ2n) is 3.42. The van der Waals surface area contributed by atoms with Gasteiger partial charge >= 0.3 is 0 Å². The summed E-state index contributed by atoms with van der Waals surface area (Å²) in [4.78, 5) is 0. The van der Waals surface area contributed by atoms with E-state index in [4.69, 9.17) is 0 Å². The first-order valence-electron chi connectivity index (χ1n) is 3.49. The first kappa shape index (κ1) is 10.9. The molecule has 0 fully saturated rings. The molecule has 5 heteroatoms. The molecule has 0 atom stereocenters. The summed E-state index contributed by atoms with van der Waals surface area (Å²) in [5.41, 5.74) is 0. The van der Waals surface area contributed by atoms with Crippen LogP contribution in [0.5, 0.6) is 0 Å². The van der Waals surface area contributed by atoms with E-state index in [1.165, 1.54) is 0 Å². The number of rotatable bonds is 5. The van der Waals surface area contributed by atoms with E-state index >= 15 is 0 Å². The maximum Gasteiger partial charge on any atom is 0.257 e. The third kappa shape index (κ3) is 9.87. The zero-order valence-electron chi connectivity index (χ0n) is 7.24. The van der Waals surface area contributed by atoms with Crippen molar-refractivity contribution in [2.45, 2.75) is 6.42 Å².